The Morgan fingerprint density at radius 2 is 1.72 bits per heavy atom. The van der Waals surface area contributed by atoms with Crippen LogP contribution in [-0.2, 0) is 16.1 Å². The number of amides is 1. The molecule has 194 valence electrons. The molecule has 4 rings (SSSR count). The lowest BCUT2D eigenvalue weighted by atomic mass is 10.0. The molecule has 0 saturated carbocycles. The van der Waals surface area contributed by atoms with E-state index in [1.54, 1.807) is 6.20 Å². The molecule has 0 radical (unpaired) electrons. The van der Waals surface area contributed by atoms with E-state index in [-0.39, 0.29) is 12.3 Å². The number of para-hydroxylation sites is 2. The summed E-state index contributed by atoms with van der Waals surface area (Å²) in [6, 6.07) is 12.2. The molecule has 1 fully saturated rings. The normalized spacial score (nSPS) is 18.2. The topological polar surface area (TPSA) is 92.2 Å². The molecule has 0 bridgehead atoms. The van der Waals surface area contributed by atoms with E-state index in [1.165, 1.54) is 0 Å². The highest BCUT2D eigenvalue weighted by atomic mass is 16.5. The van der Waals surface area contributed by atoms with Gasteiger partial charge in [0.2, 0.25) is 11.8 Å². The summed E-state index contributed by atoms with van der Waals surface area (Å²) in [6.07, 6.45) is 8.73. The first kappa shape index (κ1) is 25.9. The first-order valence-corrected chi connectivity index (χ1v) is 13.2. The van der Waals surface area contributed by atoms with Crippen LogP contribution in [0.15, 0.2) is 42.6 Å². The third-order valence-electron chi connectivity index (χ3n) is 6.99. The van der Waals surface area contributed by atoms with Crippen LogP contribution in [-0.4, -0.2) is 64.0 Å². The second-order valence-electron chi connectivity index (χ2n) is 9.61. The van der Waals surface area contributed by atoms with E-state index in [1.807, 2.05) is 35.2 Å². The van der Waals surface area contributed by atoms with Gasteiger partial charge in [-0.3, -0.25) is 14.5 Å². The Kier molecular flexibility index (Phi) is 9.55. The van der Waals surface area contributed by atoms with E-state index in [0.717, 1.165) is 62.9 Å². The van der Waals surface area contributed by atoms with Crippen LogP contribution in [0.3, 0.4) is 0 Å². The predicted molar refractivity (Wildman–Crippen MR) is 136 cm³/mol. The monoisotopic (exact) mass is 495 g/mol. The Balaban J connectivity index is 1.44. The smallest absolute Gasteiger partial charge is 0.303 e. The third kappa shape index (κ3) is 7.43. The minimum absolute atomic E-state index is 0.0437. The summed E-state index contributed by atoms with van der Waals surface area (Å²) in [6.45, 7) is 3.83. The molecule has 36 heavy (non-hydrogen) atoms. The van der Waals surface area contributed by atoms with Gasteiger partial charge in [-0.25, -0.2) is 4.98 Å². The van der Waals surface area contributed by atoms with Gasteiger partial charge in [-0.15, -0.1) is 0 Å². The molecule has 1 amide bonds. The van der Waals surface area contributed by atoms with Crippen molar-refractivity contribution in [3.8, 4) is 17.4 Å². The lowest BCUT2D eigenvalue weighted by Crippen LogP contribution is -2.46. The molecule has 1 aromatic carbocycles. The Hall–Kier alpha value is -3.13. The molecule has 3 heterocycles. The largest absolute Gasteiger partial charge is 0.490 e. The lowest BCUT2D eigenvalue weighted by molar-refractivity contribution is -0.137. The average Bonchev–Trinajstić information content (AvgIpc) is 2.89. The van der Waals surface area contributed by atoms with Gasteiger partial charge in [0, 0.05) is 50.3 Å². The van der Waals surface area contributed by atoms with E-state index in [9.17, 15) is 9.59 Å². The molecule has 1 saturated heterocycles. The molecule has 8 heteroatoms. The van der Waals surface area contributed by atoms with E-state index in [4.69, 9.17) is 14.6 Å². The molecule has 0 aliphatic carbocycles. The van der Waals surface area contributed by atoms with Gasteiger partial charge in [0.25, 0.3) is 0 Å². The number of aliphatic carboxylic acids is 1. The number of nitrogens with zero attached hydrogens (tertiary/aromatic N) is 3. The Bertz CT molecular complexity index is 1010. The molecule has 0 atom stereocenters. The number of fused-ring (bicyclic) bond motifs is 2. The van der Waals surface area contributed by atoms with Crippen LogP contribution < -0.4 is 9.47 Å². The summed E-state index contributed by atoms with van der Waals surface area (Å²) < 4.78 is 12.3. The zero-order valence-corrected chi connectivity index (χ0v) is 20.9. The van der Waals surface area contributed by atoms with Crippen LogP contribution >= 0.6 is 0 Å². The number of carboxylic acid groups (broad SMARTS) is 1. The third-order valence-corrected chi connectivity index (χ3v) is 6.99. The Morgan fingerprint density at radius 3 is 2.53 bits per heavy atom. The summed E-state index contributed by atoms with van der Waals surface area (Å²) >= 11 is 0. The molecule has 8 nitrogen and oxygen atoms in total. The Labute approximate surface area is 213 Å². The van der Waals surface area contributed by atoms with Gasteiger partial charge in [-0.05, 0) is 56.8 Å². The van der Waals surface area contributed by atoms with Crippen molar-refractivity contribution in [3.63, 3.8) is 0 Å². The van der Waals surface area contributed by atoms with Crippen molar-refractivity contribution in [1.82, 2.24) is 14.8 Å². The van der Waals surface area contributed by atoms with Crippen molar-refractivity contribution >= 4 is 11.9 Å². The molecule has 1 N–H and O–H groups in total. The zero-order chi connectivity index (χ0) is 25.2. The summed E-state index contributed by atoms with van der Waals surface area (Å²) in [5, 5.41) is 8.83. The fourth-order valence-corrected chi connectivity index (χ4v) is 4.99. The highest BCUT2D eigenvalue weighted by Gasteiger charge is 2.27. The molecular weight excluding hydrogens is 458 g/mol. The second-order valence-corrected chi connectivity index (χ2v) is 9.61. The van der Waals surface area contributed by atoms with Crippen molar-refractivity contribution in [2.75, 3.05) is 26.2 Å². The van der Waals surface area contributed by atoms with Crippen LogP contribution in [0.4, 0.5) is 0 Å². The van der Waals surface area contributed by atoms with Crippen LogP contribution in [0.1, 0.15) is 63.4 Å². The van der Waals surface area contributed by atoms with Gasteiger partial charge in [0.1, 0.15) is 0 Å². The maximum absolute atomic E-state index is 12.5. The van der Waals surface area contributed by atoms with Crippen molar-refractivity contribution in [1.29, 1.82) is 0 Å². The molecule has 0 spiro atoms. The minimum Gasteiger partial charge on any atom is -0.490 e. The summed E-state index contributed by atoms with van der Waals surface area (Å²) in [7, 11) is 0. The van der Waals surface area contributed by atoms with Gasteiger partial charge < -0.3 is 19.5 Å². The number of hydrogen-bond donors (Lipinski definition) is 1. The molecule has 2 aliphatic rings. The van der Waals surface area contributed by atoms with E-state index in [0.29, 0.717) is 50.2 Å². The second kappa shape index (κ2) is 13.3. The number of carbonyl (C=O) groups is 2. The minimum atomic E-state index is -0.849. The first-order valence-electron chi connectivity index (χ1n) is 13.2. The summed E-state index contributed by atoms with van der Waals surface area (Å²) in [5.41, 5.74) is 1.04. The molecule has 1 aromatic heterocycles. The van der Waals surface area contributed by atoms with Crippen LogP contribution in [0.5, 0.6) is 17.4 Å². The molecule has 2 aromatic rings. The van der Waals surface area contributed by atoms with E-state index >= 15 is 0 Å². The molecule has 0 unspecified atom stereocenters. The van der Waals surface area contributed by atoms with E-state index < -0.39 is 5.97 Å². The van der Waals surface area contributed by atoms with E-state index in [2.05, 4.69) is 16.0 Å². The number of hydrogen-bond acceptors (Lipinski definition) is 6. The zero-order valence-electron chi connectivity index (χ0n) is 20.9. The van der Waals surface area contributed by atoms with Gasteiger partial charge in [0.15, 0.2) is 11.5 Å². The van der Waals surface area contributed by atoms with Gasteiger partial charge in [0.05, 0.1) is 6.61 Å². The van der Waals surface area contributed by atoms with Crippen LogP contribution in [0.25, 0.3) is 0 Å². The van der Waals surface area contributed by atoms with Crippen LogP contribution in [0, 0.1) is 0 Å². The number of piperidine rings is 1. The Morgan fingerprint density at radius 1 is 0.944 bits per heavy atom. The lowest BCUT2D eigenvalue weighted by Gasteiger charge is -2.39. The van der Waals surface area contributed by atoms with Gasteiger partial charge in [-0.1, -0.05) is 31.0 Å². The number of aromatic nitrogens is 1. The molecule has 2 aliphatic heterocycles. The number of benzene rings is 1. The van der Waals surface area contributed by atoms with Crippen LogP contribution in [0.2, 0.25) is 0 Å². The fourth-order valence-electron chi connectivity index (χ4n) is 4.99. The summed E-state index contributed by atoms with van der Waals surface area (Å²) in [5.74, 6) is 1.23. The highest BCUT2D eigenvalue weighted by Crippen LogP contribution is 2.33. The maximum atomic E-state index is 12.5. The standard InChI is InChI=1S/C28H37N3O5/c32-26(12-7-13-27(33)34)30-18-14-23(15-19-30)31-17-5-1-2-6-20-35-24-10-3-4-11-25(24)36-28-22(21-31)9-8-16-29-28/h3-4,8-11,16,23H,1-2,5-7,12-15,17-21H2,(H,33,34). The SMILES string of the molecule is O=C(O)CCCC(=O)N1CCC(N2CCCCCCOc3ccccc3Oc3ncccc3C2)CC1. The first-order chi connectivity index (χ1) is 17.6. The quantitative estimate of drug-likeness (QED) is 0.632. The number of ether oxygens (including phenoxy) is 2. The number of rotatable bonds is 5. The highest BCUT2D eigenvalue weighted by molar-refractivity contribution is 5.77. The molecular formula is C28H37N3O5. The summed E-state index contributed by atoms with van der Waals surface area (Å²) in [4.78, 5) is 32.3. The number of carbonyl (C=O) groups excluding carboxylic acids is 1. The number of likely N-dealkylation sites (tertiary alicyclic amines) is 1. The maximum Gasteiger partial charge on any atom is 0.303 e. The van der Waals surface area contributed by atoms with Crippen molar-refractivity contribution in [2.24, 2.45) is 0 Å². The number of pyridine rings is 1. The predicted octanol–water partition coefficient (Wildman–Crippen LogP) is 4.87. The fraction of sp³-hybridized carbons (Fsp3) is 0.536. The van der Waals surface area contributed by atoms with Gasteiger partial charge >= 0.3 is 5.97 Å². The average molecular weight is 496 g/mol. The van der Waals surface area contributed by atoms with Gasteiger partial charge in [-0.2, -0.15) is 0 Å². The van der Waals surface area contributed by atoms with Crippen molar-refractivity contribution < 1.29 is 24.2 Å². The van der Waals surface area contributed by atoms with Crippen molar-refractivity contribution in [2.45, 2.75) is 70.4 Å². The van der Waals surface area contributed by atoms with Crippen molar-refractivity contribution in [3.05, 3.63) is 48.2 Å². The number of carboxylic acids is 1.